The quantitative estimate of drug-likeness (QED) is 0.208. The smallest absolute Gasteiger partial charge is 0.277 e. The summed E-state index contributed by atoms with van der Waals surface area (Å²) in [5.41, 5.74) is 9.01. The number of rotatable bonds is 6. The molecule has 1 aliphatic rings. The number of hydrogen-bond donors (Lipinski definition) is 4. The number of nitrogens with zero attached hydrogens (tertiary/aromatic N) is 1. The second-order valence-electron chi connectivity index (χ2n) is 9.48. The standard InChI is InChI=1S/C28H30N4O2/c1-17-7-5-8-20(15-17)22-9-6-10-24(26(22)33)31-32-25(18(2)29)27(34)30-21-12-11-19-13-14-28(3,4)23(19)16-21/h5-12,15-16,29,31,33H,13-14H2,1-4H3,(H,30,34)/b29-18?,32-25-. The van der Waals surface area contributed by atoms with E-state index < -0.39 is 5.91 Å². The number of phenolic OH excluding ortho intramolecular Hbond substituents is 1. The van der Waals surface area contributed by atoms with Crippen molar-refractivity contribution in [1.82, 2.24) is 0 Å². The molecule has 0 atom stereocenters. The van der Waals surface area contributed by atoms with Gasteiger partial charge in [0, 0.05) is 11.3 Å². The summed E-state index contributed by atoms with van der Waals surface area (Å²) in [6, 6.07) is 19.1. The van der Waals surface area contributed by atoms with Gasteiger partial charge in [-0.25, -0.2) is 0 Å². The van der Waals surface area contributed by atoms with E-state index in [4.69, 9.17) is 5.41 Å². The van der Waals surface area contributed by atoms with Crippen LogP contribution in [0.3, 0.4) is 0 Å². The Kier molecular flexibility index (Phi) is 6.24. The van der Waals surface area contributed by atoms with E-state index in [1.165, 1.54) is 18.1 Å². The largest absolute Gasteiger partial charge is 0.505 e. The Hall–Kier alpha value is -3.93. The molecule has 4 rings (SSSR count). The summed E-state index contributed by atoms with van der Waals surface area (Å²) < 4.78 is 0. The third kappa shape index (κ3) is 4.71. The number of phenols is 1. The molecule has 0 saturated carbocycles. The first-order chi connectivity index (χ1) is 16.2. The van der Waals surface area contributed by atoms with Crippen molar-refractivity contribution in [3.8, 4) is 16.9 Å². The number of aromatic hydroxyl groups is 1. The number of fused-ring (bicyclic) bond motifs is 1. The number of aryl methyl sites for hydroxylation is 2. The first kappa shape index (κ1) is 23.2. The molecule has 0 radical (unpaired) electrons. The van der Waals surface area contributed by atoms with Gasteiger partial charge in [0.25, 0.3) is 5.91 Å². The maximum absolute atomic E-state index is 13.0. The number of nitrogens with one attached hydrogen (secondary N) is 3. The van der Waals surface area contributed by atoms with E-state index >= 15 is 0 Å². The maximum Gasteiger partial charge on any atom is 0.277 e. The lowest BCUT2D eigenvalue weighted by Crippen LogP contribution is -2.29. The predicted molar refractivity (Wildman–Crippen MR) is 139 cm³/mol. The second kappa shape index (κ2) is 9.14. The third-order valence-electron chi connectivity index (χ3n) is 6.34. The topological polar surface area (TPSA) is 97.6 Å². The average molecular weight is 455 g/mol. The summed E-state index contributed by atoms with van der Waals surface area (Å²) in [4.78, 5) is 13.0. The van der Waals surface area contributed by atoms with Crippen LogP contribution in [0.15, 0.2) is 65.8 Å². The molecule has 0 aromatic heterocycles. The van der Waals surface area contributed by atoms with Crippen LogP contribution in [0.25, 0.3) is 11.1 Å². The maximum atomic E-state index is 13.0. The van der Waals surface area contributed by atoms with Gasteiger partial charge in [0.2, 0.25) is 0 Å². The molecule has 0 unspecified atom stereocenters. The molecule has 0 bridgehead atoms. The minimum atomic E-state index is -0.481. The zero-order chi connectivity index (χ0) is 24.5. The monoisotopic (exact) mass is 454 g/mol. The van der Waals surface area contributed by atoms with Crippen LogP contribution in [0.4, 0.5) is 11.4 Å². The lowest BCUT2D eigenvalue weighted by atomic mass is 9.86. The number of benzene rings is 3. The molecule has 0 saturated heterocycles. The van der Waals surface area contributed by atoms with Gasteiger partial charge in [-0.05, 0) is 67.0 Å². The van der Waals surface area contributed by atoms with E-state index in [-0.39, 0.29) is 22.6 Å². The number of carbonyl (C=O) groups excluding carboxylic acids is 1. The van der Waals surface area contributed by atoms with Gasteiger partial charge >= 0.3 is 0 Å². The number of anilines is 2. The van der Waals surface area contributed by atoms with Gasteiger partial charge in [-0.2, -0.15) is 5.10 Å². The fourth-order valence-corrected chi connectivity index (χ4v) is 4.37. The summed E-state index contributed by atoms with van der Waals surface area (Å²) in [5.74, 6) is -0.454. The van der Waals surface area contributed by atoms with Crippen LogP contribution < -0.4 is 10.7 Å². The van der Waals surface area contributed by atoms with Gasteiger partial charge < -0.3 is 15.8 Å². The zero-order valence-corrected chi connectivity index (χ0v) is 20.0. The Bertz CT molecular complexity index is 1310. The molecule has 1 amide bonds. The lowest BCUT2D eigenvalue weighted by molar-refractivity contribution is -0.110. The number of amides is 1. The fourth-order valence-electron chi connectivity index (χ4n) is 4.37. The molecule has 0 spiro atoms. The average Bonchev–Trinajstić information content (AvgIpc) is 3.09. The molecule has 0 heterocycles. The minimum Gasteiger partial charge on any atom is -0.505 e. The Balaban J connectivity index is 1.56. The molecule has 0 aliphatic heterocycles. The predicted octanol–water partition coefficient (Wildman–Crippen LogP) is 6.04. The molecule has 3 aromatic carbocycles. The van der Waals surface area contributed by atoms with Crippen LogP contribution in [0.1, 0.15) is 43.9 Å². The highest BCUT2D eigenvalue weighted by atomic mass is 16.3. The SMILES string of the molecule is CC(=N)/C(=N/Nc1cccc(-c2cccc(C)c2)c1O)C(=O)Nc1ccc2c(c1)C(C)(C)CC2. The summed E-state index contributed by atoms with van der Waals surface area (Å²) >= 11 is 0. The normalized spacial score (nSPS) is 14.4. The molecular weight excluding hydrogens is 424 g/mol. The third-order valence-corrected chi connectivity index (χ3v) is 6.34. The highest BCUT2D eigenvalue weighted by Crippen LogP contribution is 2.39. The molecule has 6 heteroatoms. The van der Waals surface area contributed by atoms with Crippen LogP contribution >= 0.6 is 0 Å². The Morgan fingerprint density at radius 1 is 1.09 bits per heavy atom. The van der Waals surface area contributed by atoms with E-state index in [0.717, 1.165) is 24.0 Å². The van der Waals surface area contributed by atoms with Gasteiger partial charge in [-0.15, -0.1) is 0 Å². The zero-order valence-electron chi connectivity index (χ0n) is 20.0. The van der Waals surface area contributed by atoms with Crippen molar-refractivity contribution in [3.05, 3.63) is 77.4 Å². The van der Waals surface area contributed by atoms with Crippen LogP contribution in [-0.2, 0) is 16.6 Å². The number of hydrazone groups is 1. The number of carbonyl (C=O) groups is 1. The number of hydrogen-bond acceptors (Lipinski definition) is 5. The van der Waals surface area contributed by atoms with Crippen LogP contribution in [-0.4, -0.2) is 22.4 Å². The highest BCUT2D eigenvalue weighted by Gasteiger charge is 2.30. The summed E-state index contributed by atoms with van der Waals surface area (Å²) in [5, 5.41) is 25.9. The summed E-state index contributed by atoms with van der Waals surface area (Å²) in [6.07, 6.45) is 2.12. The van der Waals surface area contributed by atoms with Gasteiger partial charge in [0.1, 0.15) is 5.75 Å². The van der Waals surface area contributed by atoms with E-state index in [2.05, 4.69) is 35.8 Å². The first-order valence-corrected chi connectivity index (χ1v) is 11.4. The van der Waals surface area contributed by atoms with Crippen molar-refractivity contribution in [3.63, 3.8) is 0 Å². The van der Waals surface area contributed by atoms with Crippen LogP contribution in [0.2, 0.25) is 0 Å². The Morgan fingerprint density at radius 2 is 1.85 bits per heavy atom. The van der Waals surface area contributed by atoms with Crippen LogP contribution in [0, 0.1) is 12.3 Å². The van der Waals surface area contributed by atoms with E-state index in [1.807, 2.05) is 49.4 Å². The van der Waals surface area contributed by atoms with E-state index in [9.17, 15) is 9.90 Å². The molecule has 34 heavy (non-hydrogen) atoms. The van der Waals surface area contributed by atoms with E-state index in [1.54, 1.807) is 12.1 Å². The molecule has 174 valence electrons. The second-order valence-corrected chi connectivity index (χ2v) is 9.48. The van der Waals surface area contributed by atoms with Gasteiger partial charge in [0.05, 0.1) is 11.4 Å². The molecule has 1 aliphatic carbocycles. The van der Waals surface area contributed by atoms with Crippen molar-refractivity contribution in [2.75, 3.05) is 10.7 Å². The van der Waals surface area contributed by atoms with Crippen molar-refractivity contribution in [1.29, 1.82) is 5.41 Å². The summed E-state index contributed by atoms with van der Waals surface area (Å²) in [6.45, 7) is 7.92. The molecule has 6 nitrogen and oxygen atoms in total. The number of para-hydroxylation sites is 1. The van der Waals surface area contributed by atoms with E-state index in [0.29, 0.717) is 16.9 Å². The molecule has 0 fully saturated rings. The minimum absolute atomic E-state index is 0.0146. The summed E-state index contributed by atoms with van der Waals surface area (Å²) in [7, 11) is 0. The Morgan fingerprint density at radius 3 is 2.59 bits per heavy atom. The van der Waals surface area contributed by atoms with Gasteiger partial charge in [-0.1, -0.05) is 61.9 Å². The Labute approximate surface area is 200 Å². The first-order valence-electron chi connectivity index (χ1n) is 11.4. The lowest BCUT2D eigenvalue weighted by Gasteiger charge is -2.19. The van der Waals surface area contributed by atoms with Crippen molar-refractivity contribution >= 4 is 28.7 Å². The molecule has 3 aromatic rings. The van der Waals surface area contributed by atoms with Crippen molar-refractivity contribution in [2.45, 2.75) is 46.0 Å². The fraction of sp³-hybridized carbons (Fsp3) is 0.250. The van der Waals surface area contributed by atoms with Gasteiger partial charge in [-0.3, -0.25) is 10.2 Å². The molecular formula is C28H30N4O2. The van der Waals surface area contributed by atoms with Crippen molar-refractivity contribution < 1.29 is 9.90 Å². The molecule has 4 N–H and O–H groups in total. The van der Waals surface area contributed by atoms with Crippen LogP contribution in [0.5, 0.6) is 5.75 Å². The highest BCUT2D eigenvalue weighted by molar-refractivity contribution is 6.67. The van der Waals surface area contributed by atoms with Gasteiger partial charge in [0.15, 0.2) is 5.71 Å². The van der Waals surface area contributed by atoms with Crippen molar-refractivity contribution in [2.24, 2.45) is 5.10 Å².